The fraction of sp³-hybridized carbons (Fsp3) is 0. The molecule has 2 amide bonds. The maximum atomic E-state index is 10.4. The Kier molecular flexibility index (Phi) is 9.92. The summed E-state index contributed by atoms with van der Waals surface area (Å²) in [4.78, 5) is 30.9. The van der Waals surface area contributed by atoms with Gasteiger partial charge in [0.2, 0.25) is 0 Å². The molecule has 1 aromatic rings. The molecule has 17 heavy (non-hydrogen) atoms. The zero-order valence-corrected chi connectivity index (χ0v) is 14.3. The first kappa shape index (κ1) is 19.8. The average molecular weight is 276 g/mol. The Morgan fingerprint density at radius 1 is 1.24 bits per heavy atom. The minimum atomic E-state index is -5.04. The van der Waals surface area contributed by atoms with Crippen LogP contribution in [-0.2, 0) is 4.57 Å². The van der Waals surface area contributed by atoms with Crippen molar-refractivity contribution < 1.29 is 82.8 Å². The van der Waals surface area contributed by atoms with Gasteiger partial charge in [-0.3, -0.25) is 0 Å². The number of carbonyl (C=O) groups excluding carboxylic acids is 1. The number of rotatable bonds is 3. The van der Waals surface area contributed by atoms with Crippen molar-refractivity contribution in [3.05, 3.63) is 24.3 Å². The number of phosphoric ester groups is 1. The van der Waals surface area contributed by atoms with Gasteiger partial charge in [0.05, 0.1) is 0 Å². The normalized spacial score (nSPS) is 9.53. The van der Waals surface area contributed by atoms with E-state index in [1.165, 1.54) is 24.3 Å². The van der Waals surface area contributed by atoms with E-state index in [1.807, 2.05) is 0 Å². The van der Waals surface area contributed by atoms with Crippen LogP contribution in [0.5, 0.6) is 5.75 Å². The first-order chi connectivity index (χ1) is 6.87. The first-order valence-corrected chi connectivity index (χ1v) is 5.21. The standard InChI is InChI=1S/C7H9N2O5P.2Na/c8-7(10)9-5-1-3-6(4-2-5)14-15(11,12)13;;/h1-4H,(H3,8,9,10)(H2,11,12,13);;/q;2*+1/p-2. The molecule has 0 atom stereocenters. The number of primary amides is 1. The van der Waals surface area contributed by atoms with E-state index in [4.69, 9.17) is 5.73 Å². The number of nitrogens with one attached hydrogen (secondary N) is 1. The van der Waals surface area contributed by atoms with Gasteiger partial charge in [-0.25, -0.2) is 4.79 Å². The molecule has 0 aliphatic heterocycles. The van der Waals surface area contributed by atoms with Crippen LogP contribution in [0.3, 0.4) is 0 Å². The Morgan fingerprint density at radius 3 is 2.06 bits per heavy atom. The fourth-order valence-corrected chi connectivity index (χ4v) is 1.25. The minimum absolute atomic E-state index is 0. The van der Waals surface area contributed by atoms with Crippen LogP contribution in [0.15, 0.2) is 24.3 Å². The molecule has 0 aliphatic rings. The predicted molar refractivity (Wildman–Crippen MR) is 47.9 cm³/mol. The van der Waals surface area contributed by atoms with Crippen LogP contribution >= 0.6 is 7.82 Å². The maximum absolute atomic E-state index is 10.4. The Morgan fingerprint density at radius 2 is 1.71 bits per heavy atom. The zero-order valence-electron chi connectivity index (χ0n) is 9.38. The van der Waals surface area contributed by atoms with E-state index in [2.05, 4.69) is 9.84 Å². The summed E-state index contributed by atoms with van der Waals surface area (Å²) in [5.74, 6) is -0.127. The average Bonchev–Trinajstić information content (AvgIpc) is 2.05. The van der Waals surface area contributed by atoms with E-state index in [-0.39, 0.29) is 64.9 Å². The molecule has 7 nitrogen and oxygen atoms in total. The molecule has 0 heterocycles. The molecule has 0 bridgehead atoms. The number of hydrogen-bond acceptors (Lipinski definition) is 5. The number of nitrogens with two attached hydrogens (primary N) is 1. The van der Waals surface area contributed by atoms with E-state index in [0.29, 0.717) is 5.69 Å². The quantitative estimate of drug-likeness (QED) is 0.419. The molecular formula is C7H7N2Na2O5P. The molecule has 0 aromatic heterocycles. The molecule has 0 radical (unpaired) electrons. The van der Waals surface area contributed by atoms with E-state index in [9.17, 15) is 19.1 Å². The van der Waals surface area contributed by atoms with Gasteiger partial charge in [0.1, 0.15) is 13.6 Å². The Hall–Kier alpha value is 0.440. The van der Waals surface area contributed by atoms with Crippen molar-refractivity contribution in [2.75, 3.05) is 5.32 Å². The van der Waals surface area contributed by atoms with Crippen LogP contribution < -0.4 is 84.5 Å². The summed E-state index contributed by atoms with van der Waals surface area (Å²) in [7, 11) is -5.04. The number of carbonyl (C=O) groups is 1. The number of phosphoric acid groups is 1. The molecule has 10 heteroatoms. The minimum Gasteiger partial charge on any atom is -0.780 e. The van der Waals surface area contributed by atoms with Crippen molar-refractivity contribution >= 4 is 19.5 Å². The van der Waals surface area contributed by atoms with Crippen molar-refractivity contribution in [2.45, 2.75) is 0 Å². The second kappa shape index (κ2) is 8.53. The molecule has 1 rings (SSSR count). The molecule has 82 valence electrons. The third-order valence-electron chi connectivity index (χ3n) is 1.34. The van der Waals surface area contributed by atoms with Crippen molar-refractivity contribution in [2.24, 2.45) is 5.73 Å². The van der Waals surface area contributed by atoms with Crippen molar-refractivity contribution in [1.29, 1.82) is 0 Å². The summed E-state index contributed by atoms with van der Waals surface area (Å²) in [5, 5.41) is 2.25. The molecule has 0 fully saturated rings. The summed E-state index contributed by atoms with van der Waals surface area (Å²) in [6.45, 7) is 0. The molecular weight excluding hydrogens is 269 g/mol. The smallest absolute Gasteiger partial charge is 0.780 e. The summed E-state index contributed by atoms with van der Waals surface area (Å²) >= 11 is 0. The number of amides is 2. The van der Waals surface area contributed by atoms with Crippen LogP contribution in [0, 0.1) is 0 Å². The van der Waals surface area contributed by atoms with Gasteiger partial charge in [0.25, 0.3) is 0 Å². The predicted octanol–water partition coefficient (Wildman–Crippen LogP) is -6.61. The van der Waals surface area contributed by atoms with Crippen LogP contribution in [0.25, 0.3) is 0 Å². The Balaban J connectivity index is 0. The fourth-order valence-electron chi connectivity index (χ4n) is 0.870. The van der Waals surface area contributed by atoms with Crippen LogP contribution in [0.1, 0.15) is 0 Å². The number of benzene rings is 1. The molecule has 0 aliphatic carbocycles. The Labute approximate surface area is 142 Å². The van der Waals surface area contributed by atoms with Crippen molar-refractivity contribution in [3.63, 3.8) is 0 Å². The van der Waals surface area contributed by atoms with E-state index in [0.717, 1.165) is 0 Å². The largest absolute Gasteiger partial charge is 1.00 e. The van der Waals surface area contributed by atoms with Gasteiger partial charge in [-0.05, 0) is 24.3 Å². The molecule has 3 N–H and O–H groups in total. The molecule has 0 saturated carbocycles. The Bertz CT molecular complexity index is 407. The number of urea groups is 1. The van der Waals surface area contributed by atoms with Crippen LogP contribution in [-0.4, -0.2) is 6.03 Å². The maximum Gasteiger partial charge on any atom is 1.00 e. The summed E-state index contributed by atoms with van der Waals surface area (Å²) in [5.41, 5.74) is 5.20. The van der Waals surface area contributed by atoms with Crippen LogP contribution in [0.2, 0.25) is 0 Å². The summed E-state index contributed by atoms with van der Waals surface area (Å²) in [6, 6.07) is 4.37. The summed E-state index contributed by atoms with van der Waals surface area (Å²) in [6.07, 6.45) is 0. The van der Waals surface area contributed by atoms with Gasteiger partial charge in [-0.15, -0.1) is 0 Å². The van der Waals surface area contributed by atoms with Gasteiger partial charge in [0.15, 0.2) is 0 Å². The molecule has 1 aromatic carbocycles. The second-order valence-corrected chi connectivity index (χ2v) is 3.63. The molecule has 0 unspecified atom stereocenters. The molecule has 0 spiro atoms. The van der Waals surface area contributed by atoms with Gasteiger partial charge in [-0.2, -0.15) is 0 Å². The van der Waals surface area contributed by atoms with Crippen molar-refractivity contribution in [3.8, 4) is 5.75 Å². The van der Waals surface area contributed by atoms with E-state index < -0.39 is 13.9 Å². The van der Waals surface area contributed by atoms with Crippen molar-refractivity contribution in [1.82, 2.24) is 0 Å². The van der Waals surface area contributed by atoms with E-state index in [1.54, 1.807) is 0 Å². The number of hydrogen-bond donors (Lipinski definition) is 2. The second-order valence-electron chi connectivity index (χ2n) is 2.55. The van der Waals surface area contributed by atoms with Gasteiger partial charge in [0, 0.05) is 5.69 Å². The topological polar surface area (TPSA) is 128 Å². The molecule has 0 saturated heterocycles. The number of anilines is 1. The van der Waals surface area contributed by atoms with Gasteiger partial charge >= 0.3 is 65.1 Å². The van der Waals surface area contributed by atoms with Crippen LogP contribution in [0.4, 0.5) is 10.5 Å². The third kappa shape index (κ3) is 9.07. The third-order valence-corrected chi connectivity index (χ3v) is 1.77. The first-order valence-electron chi connectivity index (χ1n) is 3.75. The van der Waals surface area contributed by atoms with Gasteiger partial charge in [-0.1, -0.05) is 0 Å². The monoisotopic (exact) mass is 276 g/mol. The van der Waals surface area contributed by atoms with E-state index >= 15 is 0 Å². The summed E-state index contributed by atoms with van der Waals surface area (Å²) < 4.78 is 14.3. The SMILES string of the molecule is NC(=O)Nc1ccc(OP(=O)([O-])[O-])cc1.[Na+].[Na+]. The zero-order chi connectivity index (χ0) is 11.5. The van der Waals surface area contributed by atoms with Gasteiger partial charge < -0.3 is 29.9 Å².